The molecule has 2 heterocycles. The molecule has 0 unspecified atom stereocenters. The normalized spacial score (nSPS) is 11.9. The van der Waals surface area contributed by atoms with Gasteiger partial charge in [0.25, 0.3) is 0 Å². The zero-order valence-electron chi connectivity index (χ0n) is 14.2. The summed E-state index contributed by atoms with van der Waals surface area (Å²) >= 11 is 0. The lowest BCUT2D eigenvalue weighted by Gasteiger charge is -2.24. The second kappa shape index (κ2) is 5.26. The number of nitrogens with one attached hydrogen (secondary N) is 1. The smallest absolute Gasteiger partial charge is 0.179 e. The number of aryl methyl sites for hydroxylation is 2. The highest BCUT2D eigenvalue weighted by molar-refractivity contribution is 5.81. The van der Waals surface area contributed by atoms with Crippen LogP contribution in [0, 0.1) is 13.8 Å². The van der Waals surface area contributed by atoms with Crippen LogP contribution < -0.4 is 5.43 Å². The minimum atomic E-state index is -0.154. The van der Waals surface area contributed by atoms with Crippen molar-refractivity contribution in [2.75, 3.05) is 5.43 Å². The molecule has 0 amide bonds. The molecule has 120 valence electrons. The molecule has 0 spiro atoms. The number of phenols is 1. The van der Waals surface area contributed by atoms with Gasteiger partial charge in [-0.1, -0.05) is 12.1 Å². The maximum atomic E-state index is 9.80. The molecule has 0 saturated heterocycles. The van der Waals surface area contributed by atoms with Gasteiger partial charge < -0.3 is 10.5 Å². The Bertz CT molecular complexity index is 875. The van der Waals surface area contributed by atoms with E-state index in [9.17, 15) is 5.11 Å². The lowest BCUT2D eigenvalue weighted by Crippen LogP contribution is -2.34. The standard InChI is InChI=1S/C18H22N4O/c1-11-9-12(2)19-17-15(11)20-16(22(17)21-18(3,4)5)13-7-6-8-14(23)10-13/h6-10,21,23H,1-5H3. The van der Waals surface area contributed by atoms with Gasteiger partial charge in [-0.25, -0.2) is 14.6 Å². The molecule has 0 atom stereocenters. The van der Waals surface area contributed by atoms with Crippen LogP contribution in [0.15, 0.2) is 30.3 Å². The Hall–Kier alpha value is -2.56. The van der Waals surface area contributed by atoms with Crippen LogP contribution in [-0.2, 0) is 0 Å². The van der Waals surface area contributed by atoms with Crippen molar-refractivity contribution < 1.29 is 5.11 Å². The van der Waals surface area contributed by atoms with Crippen molar-refractivity contribution in [2.45, 2.75) is 40.2 Å². The van der Waals surface area contributed by atoms with Gasteiger partial charge in [-0.05, 0) is 58.4 Å². The van der Waals surface area contributed by atoms with Crippen LogP contribution in [0.1, 0.15) is 32.0 Å². The molecule has 0 aliphatic heterocycles. The maximum Gasteiger partial charge on any atom is 0.179 e. The summed E-state index contributed by atoms with van der Waals surface area (Å²) in [6, 6.07) is 9.15. The number of hydrogen-bond donors (Lipinski definition) is 2. The van der Waals surface area contributed by atoms with E-state index in [1.54, 1.807) is 12.1 Å². The van der Waals surface area contributed by atoms with Crippen LogP contribution in [-0.4, -0.2) is 25.3 Å². The van der Waals surface area contributed by atoms with Gasteiger partial charge >= 0.3 is 0 Å². The SMILES string of the molecule is Cc1cc(C)c2nc(-c3cccc(O)c3)n(NC(C)(C)C)c2n1. The molecule has 3 aromatic rings. The number of rotatable bonds is 2. The molecular formula is C18H22N4O. The van der Waals surface area contributed by atoms with E-state index in [1.807, 2.05) is 36.7 Å². The number of hydrogen-bond acceptors (Lipinski definition) is 4. The number of pyridine rings is 1. The Labute approximate surface area is 136 Å². The molecule has 2 N–H and O–H groups in total. The molecule has 5 nitrogen and oxygen atoms in total. The van der Waals surface area contributed by atoms with Gasteiger partial charge in [0.15, 0.2) is 11.5 Å². The first kappa shape index (κ1) is 15.3. The molecule has 3 rings (SSSR count). The average molecular weight is 310 g/mol. The van der Waals surface area contributed by atoms with E-state index in [0.717, 1.165) is 33.8 Å². The minimum absolute atomic E-state index is 0.154. The van der Waals surface area contributed by atoms with Crippen molar-refractivity contribution in [3.05, 3.63) is 41.6 Å². The van der Waals surface area contributed by atoms with Crippen molar-refractivity contribution in [3.63, 3.8) is 0 Å². The lowest BCUT2D eigenvalue weighted by molar-refractivity contribution is 0.475. The van der Waals surface area contributed by atoms with E-state index in [0.29, 0.717) is 0 Å². The fourth-order valence-electron chi connectivity index (χ4n) is 2.64. The van der Waals surface area contributed by atoms with Crippen molar-refractivity contribution in [2.24, 2.45) is 0 Å². The summed E-state index contributed by atoms with van der Waals surface area (Å²) in [6.07, 6.45) is 0. The van der Waals surface area contributed by atoms with Crippen LogP contribution >= 0.6 is 0 Å². The molecular weight excluding hydrogens is 288 g/mol. The zero-order chi connectivity index (χ0) is 16.8. The molecule has 0 aliphatic carbocycles. The zero-order valence-corrected chi connectivity index (χ0v) is 14.2. The molecule has 5 heteroatoms. The van der Waals surface area contributed by atoms with E-state index in [-0.39, 0.29) is 11.3 Å². The first-order valence-corrected chi connectivity index (χ1v) is 7.69. The summed E-state index contributed by atoms with van der Waals surface area (Å²) in [4.78, 5) is 9.44. The van der Waals surface area contributed by atoms with E-state index in [2.05, 4.69) is 31.2 Å². The van der Waals surface area contributed by atoms with Crippen LogP contribution in [0.2, 0.25) is 0 Å². The molecule has 0 aliphatic rings. The van der Waals surface area contributed by atoms with Crippen LogP contribution in [0.4, 0.5) is 0 Å². The topological polar surface area (TPSA) is 63.0 Å². The van der Waals surface area contributed by atoms with Gasteiger partial charge in [-0.15, -0.1) is 0 Å². The van der Waals surface area contributed by atoms with E-state index >= 15 is 0 Å². The molecule has 0 radical (unpaired) electrons. The number of aromatic hydroxyl groups is 1. The maximum absolute atomic E-state index is 9.80. The highest BCUT2D eigenvalue weighted by atomic mass is 16.3. The molecule has 0 fully saturated rings. The summed E-state index contributed by atoms with van der Waals surface area (Å²) < 4.78 is 1.92. The van der Waals surface area contributed by atoms with Crippen molar-refractivity contribution in [1.29, 1.82) is 0 Å². The highest BCUT2D eigenvalue weighted by Gasteiger charge is 2.20. The second-order valence-corrected chi connectivity index (χ2v) is 6.94. The van der Waals surface area contributed by atoms with Crippen LogP contribution in [0.3, 0.4) is 0 Å². The monoisotopic (exact) mass is 310 g/mol. The van der Waals surface area contributed by atoms with Gasteiger partial charge in [0.2, 0.25) is 0 Å². The Balaban J connectivity index is 2.32. The Kier molecular flexibility index (Phi) is 3.51. The van der Waals surface area contributed by atoms with Gasteiger partial charge in [0.1, 0.15) is 11.3 Å². The van der Waals surface area contributed by atoms with Gasteiger partial charge in [0, 0.05) is 16.8 Å². The Morgan fingerprint density at radius 1 is 1.09 bits per heavy atom. The number of nitrogens with zero attached hydrogens (tertiary/aromatic N) is 3. The summed E-state index contributed by atoms with van der Waals surface area (Å²) in [6.45, 7) is 10.3. The van der Waals surface area contributed by atoms with E-state index in [4.69, 9.17) is 4.98 Å². The Morgan fingerprint density at radius 2 is 1.83 bits per heavy atom. The third kappa shape index (κ3) is 2.99. The predicted octanol–water partition coefficient (Wildman–Crippen LogP) is 3.76. The number of phenolic OH excluding ortho intramolecular Hbond substituents is 1. The highest BCUT2D eigenvalue weighted by Crippen LogP contribution is 2.28. The number of benzene rings is 1. The van der Waals surface area contributed by atoms with Crippen molar-refractivity contribution in [1.82, 2.24) is 14.6 Å². The predicted molar refractivity (Wildman–Crippen MR) is 93.2 cm³/mol. The third-order valence-corrected chi connectivity index (χ3v) is 3.49. The molecule has 0 bridgehead atoms. The molecule has 23 heavy (non-hydrogen) atoms. The number of aromatic nitrogens is 3. The minimum Gasteiger partial charge on any atom is -0.508 e. The number of fused-ring (bicyclic) bond motifs is 1. The largest absolute Gasteiger partial charge is 0.508 e. The van der Waals surface area contributed by atoms with E-state index in [1.165, 1.54) is 0 Å². The first-order chi connectivity index (χ1) is 10.7. The van der Waals surface area contributed by atoms with Gasteiger partial charge in [-0.2, -0.15) is 0 Å². The number of imidazole rings is 1. The Morgan fingerprint density at radius 3 is 2.48 bits per heavy atom. The molecule has 1 aromatic carbocycles. The van der Waals surface area contributed by atoms with Crippen molar-refractivity contribution >= 4 is 11.2 Å². The quantitative estimate of drug-likeness (QED) is 0.756. The summed E-state index contributed by atoms with van der Waals surface area (Å²) in [7, 11) is 0. The van der Waals surface area contributed by atoms with Crippen LogP contribution in [0.5, 0.6) is 5.75 Å². The second-order valence-electron chi connectivity index (χ2n) is 6.94. The lowest BCUT2D eigenvalue weighted by atomic mass is 10.1. The van der Waals surface area contributed by atoms with Gasteiger partial charge in [-0.3, -0.25) is 0 Å². The fraction of sp³-hybridized carbons (Fsp3) is 0.333. The summed E-state index contributed by atoms with van der Waals surface area (Å²) in [5.41, 5.74) is 7.85. The first-order valence-electron chi connectivity index (χ1n) is 7.69. The summed E-state index contributed by atoms with van der Waals surface area (Å²) in [5, 5.41) is 9.80. The summed E-state index contributed by atoms with van der Waals surface area (Å²) in [5.74, 6) is 0.963. The average Bonchev–Trinajstić information content (AvgIpc) is 2.76. The van der Waals surface area contributed by atoms with E-state index < -0.39 is 0 Å². The third-order valence-electron chi connectivity index (χ3n) is 3.49. The fourth-order valence-corrected chi connectivity index (χ4v) is 2.64. The van der Waals surface area contributed by atoms with Gasteiger partial charge in [0.05, 0.1) is 0 Å². The molecule has 0 saturated carbocycles. The van der Waals surface area contributed by atoms with Crippen molar-refractivity contribution in [3.8, 4) is 17.1 Å². The van der Waals surface area contributed by atoms with Crippen LogP contribution in [0.25, 0.3) is 22.6 Å². The molecule has 2 aromatic heterocycles.